The van der Waals surface area contributed by atoms with E-state index >= 15 is 0 Å². The quantitative estimate of drug-likeness (QED) is 0.877. The highest BCUT2D eigenvalue weighted by atomic mass is 16.4. The second-order valence-corrected chi connectivity index (χ2v) is 5.18. The number of carboxylic acids is 1. The van der Waals surface area contributed by atoms with Crippen LogP contribution in [0.25, 0.3) is 0 Å². The van der Waals surface area contributed by atoms with E-state index in [9.17, 15) is 9.59 Å². The number of aliphatic carboxylic acids is 1. The highest BCUT2D eigenvalue weighted by molar-refractivity contribution is 5.92. The molecule has 1 aromatic rings. The monoisotopic (exact) mass is 262 g/mol. The summed E-state index contributed by atoms with van der Waals surface area (Å²) >= 11 is 0. The van der Waals surface area contributed by atoms with Crippen LogP contribution in [-0.2, 0) is 4.79 Å². The van der Waals surface area contributed by atoms with Gasteiger partial charge in [-0.2, -0.15) is 0 Å². The molecule has 1 aliphatic rings. The Kier molecular flexibility index (Phi) is 3.83. The summed E-state index contributed by atoms with van der Waals surface area (Å²) in [6.07, 6.45) is 4.15. The van der Waals surface area contributed by atoms with Crippen molar-refractivity contribution in [1.29, 1.82) is 0 Å². The molecule has 1 amide bonds. The Morgan fingerprint density at radius 3 is 2.63 bits per heavy atom. The molecule has 0 saturated heterocycles. The lowest BCUT2D eigenvalue weighted by Gasteiger charge is -2.19. The van der Waals surface area contributed by atoms with E-state index in [0.717, 1.165) is 0 Å². The average molecular weight is 262 g/mol. The van der Waals surface area contributed by atoms with Crippen LogP contribution in [0, 0.1) is 5.92 Å². The first-order valence-corrected chi connectivity index (χ1v) is 6.43. The number of pyridine rings is 1. The van der Waals surface area contributed by atoms with Gasteiger partial charge in [-0.1, -0.05) is 13.0 Å². The van der Waals surface area contributed by atoms with Crippen LogP contribution >= 0.6 is 0 Å². The van der Waals surface area contributed by atoms with Gasteiger partial charge in [0.2, 0.25) is 0 Å². The maximum atomic E-state index is 12.1. The molecule has 1 aromatic heterocycles. The third kappa shape index (κ3) is 3.30. The number of carbonyl (C=O) groups excluding carboxylic acids is 1. The molecule has 0 aromatic carbocycles. The van der Waals surface area contributed by atoms with Crippen LogP contribution in [0.2, 0.25) is 0 Å². The van der Waals surface area contributed by atoms with Crippen LogP contribution < -0.4 is 0 Å². The molecule has 0 spiro atoms. The van der Waals surface area contributed by atoms with Crippen molar-refractivity contribution in [2.75, 3.05) is 13.6 Å². The highest BCUT2D eigenvalue weighted by Gasteiger charge is 2.24. The Bertz CT molecular complexity index is 480. The van der Waals surface area contributed by atoms with Crippen LogP contribution in [0.15, 0.2) is 18.3 Å². The second-order valence-electron chi connectivity index (χ2n) is 5.18. The van der Waals surface area contributed by atoms with Gasteiger partial charge >= 0.3 is 5.97 Å². The largest absolute Gasteiger partial charge is 0.481 e. The summed E-state index contributed by atoms with van der Waals surface area (Å²) in [6.45, 7) is 1.76. The van der Waals surface area contributed by atoms with Gasteiger partial charge in [-0.3, -0.25) is 14.6 Å². The fourth-order valence-corrected chi connectivity index (χ4v) is 1.96. The first-order valence-electron chi connectivity index (χ1n) is 6.43. The van der Waals surface area contributed by atoms with E-state index in [0.29, 0.717) is 11.6 Å². The minimum atomic E-state index is -0.906. The molecule has 102 valence electrons. The second kappa shape index (κ2) is 5.38. The van der Waals surface area contributed by atoms with Crippen molar-refractivity contribution in [3.8, 4) is 0 Å². The van der Waals surface area contributed by atoms with E-state index in [4.69, 9.17) is 5.11 Å². The summed E-state index contributed by atoms with van der Waals surface area (Å²) in [7, 11) is 1.60. The van der Waals surface area contributed by atoms with Crippen molar-refractivity contribution in [1.82, 2.24) is 9.88 Å². The van der Waals surface area contributed by atoms with E-state index in [2.05, 4.69) is 4.98 Å². The maximum absolute atomic E-state index is 12.1. The third-order valence-electron chi connectivity index (χ3n) is 3.37. The number of aromatic nitrogens is 1. The Hall–Kier alpha value is -1.91. The van der Waals surface area contributed by atoms with Crippen LogP contribution in [0.5, 0.6) is 0 Å². The minimum Gasteiger partial charge on any atom is -0.481 e. The zero-order chi connectivity index (χ0) is 14.0. The highest BCUT2D eigenvalue weighted by Crippen LogP contribution is 2.39. The fraction of sp³-hybridized carbons (Fsp3) is 0.500. The molecule has 5 nitrogen and oxygen atoms in total. The van der Waals surface area contributed by atoms with Crippen molar-refractivity contribution < 1.29 is 14.7 Å². The van der Waals surface area contributed by atoms with Crippen molar-refractivity contribution in [3.05, 3.63) is 29.6 Å². The van der Waals surface area contributed by atoms with E-state index in [1.54, 1.807) is 26.2 Å². The SMILES string of the molecule is CC(CN(C)C(=O)c1ccc(C2CC2)cn1)C(=O)O. The zero-order valence-corrected chi connectivity index (χ0v) is 11.2. The van der Waals surface area contributed by atoms with Crippen molar-refractivity contribution in [2.24, 2.45) is 5.92 Å². The van der Waals surface area contributed by atoms with E-state index < -0.39 is 11.9 Å². The van der Waals surface area contributed by atoms with Crippen LogP contribution in [0.1, 0.15) is 41.7 Å². The molecule has 1 aliphatic carbocycles. The molecular formula is C14H18N2O3. The molecule has 1 N–H and O–H groups in total. The molecule has 1 fully saturated rings. The minimum absolute atomic E-state index is 0.181. The van der Waals surface area contributed by atoms with Crippen molar-refractivity contribution in [3.63, 3.8) is 0 Å². The Labute approximate surface area is 112 Å². The molecule has 0 radical (unpaired) electrons. The standard InChI is InChI=1S/C14H18N2O3/c1-9(14(18)19)8-16(2)13(17)12-6-5-11(7-15-12)10-3-4-10/h5-7,9-10H,3-4,8H2,1-2H3,(H,18,19). The fourth-order valence-electron chi connectivity index (χ4n) is 1.96. The summed E-state index contributed by atoms with van der Waals surface area (Å²) in [4.78, 5) is 28.4. The molecule has 5 heteroatoms. The third-order valence-corrected chi connectivity index (χ3v) is 3.37. The smallest absolute Gasteiger partial charge is 0.308 e. The predicted octanol–water partition coefficient (Wildman–Crippen LogP) is 1.75. The van der Waals surface area contributed by atoms with Gasteiger partial charge in [0, 0.05) is 19.8 Å². The number of hydrogen-bond donors (Lipinski definition) is 1. The molecule has 1 unspecified atom stereocenters. The number of nitrogens with zero attached hydrogens (tertiary/aromatic N) is 2. The lowest BCUT2D eigenvalue weighted by molar-refractivity contribution is -0.141. The topological polar surface area (TPSA) is 70.5 Å². The Morgan fingerprint density at radius 2 is 2.16 bits per heavy atom. The Balaban J connectivity index is 1.99. The van der Waals surface area contributed by atoms with Gasteiger partial charge in [0.15, 0.2) is 0 Å². The molecule has 1 saturated carbocycles. The van der Waals surface area contributed by atoms with E-state index in [1.807, 2.05) is 6.07 Å². The number of amides is 1. The number of hydrogen-bond acceptors (Lipinski definition) is 3. The maximum Gasteiger partial charge on any atom is 0.308 e. The van der Waals surface area contributed by atoms with Gasteiger partial charge in [0.1, 0.15) is 5.69 Å². The zero-order valence-electron chi connectivity index (χ0n) is 11.2. The van der Waals surface area contributed by atoms with Gasteiger partial charge in [-0.05, 0) is 30.4 Å². The van der Waals surface area contributed by atoms with Gasteiger partial charge in [-0.25, -0.2) is 0 Å². The van der Waals surface area contributed by atoms with Gasteiger partial charge in [0.05, 0.1) is 5.92 Å². The van der Waals surface area contributed by atoms with Crippen LogP contribution in [-0.4, -0.2) is 40.5 Å². The van der Waals surface area contributed by atoms with Crippen molar-refractivity contribution >= 4 is 11.9 Å². The summed E-state index contributed by atoms with van der Waals surface area (Å²) < 4.78 is 0. The molecule has 2 rings (SSSR count). The number of rotatable bonds is 5. The number of carboxylic acid groups (broad SMARTS) is 1. The Morgan fingerprint density at radius 1 is 1.47 bits per heavy atom. The lowest BCUT2D eigenvalue weighted by atomic mass is 10.1. The molecular weight excluding hydrogens is 244 g/mol. The first kappa shape index (κ1) is 13.5. The van der Waals surface area contributed by atoms with Gasteiger partial charge in [-0.15, -0.1) is 0 Å². The van der Waals surface area contributed by atoms with E-state index in [-0.39, 0.29) is 12.5 Å². The predicted molar refractivity (Wildman–Crippen MR) is 70.0 cm³/mol. The summed E-state index contributed by atoms with van der Waals surface area (Å²) in [5.74, 6) is -1.12. The lowest BCUT2D eigenvalue weighted by Crippen LogP contribution is -2.34. The van der Waals surface area contributed by atoms with E-state index in [1.165, 1.54) is 23.3 Å². The molecule has 0 bridgehead atoms. The average Bonchev–Trinajstić information content (AvgIpc) is 3.22. The molecule has 19 heavy (non-hydrogen) atoms. The normalized spacial score (nSPS) is 15.9. The summed E-state index contributed by atoms with van der Waals surface area (Å²) in [5.41, 5.74) is 1.54. The van der Waals surface area contributed by atoms with Crippen molar-refractivity contribution in [2.45, 2.75) is 25.7 Å². The molecule has 1 atom stereocenters. The van der Waals surface area contributed by atoms with Gasteiger partial charge < -0.3 is 10.0 Å². The first-order chi connectivity index (χ1) is 8.99. The summed E-state index contributed by atoms with van der Waals surface area (Å²) in [5, 5.41) is 8.83. The van der Waals surface area contributed by atoms with Gasteiger partial charge in [0.25, 0.3) is 5.91 Å². The van der Waals surface area contributed by atoms with Crippen LogP contribution in [0.3, 0.4) is 0 Å². The molecule has 0 aliphatic heterocycles. The van der Waals surface area contributed by atoms with Crippen LogP contribution in [0.4, 0.5) is 0 Å². The summed E-state index contributed by atoms with van der Waals surface area (Å²) in [6, 6.07) is 3.66. The number of carbonyl (C=O) groups is 2. The molecule has 1 heterocycles.